The Labute approximate surface area is 182 Å². The Hall–Kier alpha value is -3.54. The quantitative estimate of drug-likeness (QED) is 0.287. The first-order valence-corrected chi connectivity index (χ1v) is 10.5. The predicted octanol–water partition coefficient (Wildman–Crippen LogP) is 5.82. The molecule has 0 radical (unpaired) electrons. The van der Waals surface area contributed by atoms with Gasteiger partial charge in [-0.2, -0.15) is 0 Å². The van der Waals surface area contributed by atoms with E-state index in [1.807, 2.05) is 51.1 Å². The first-order valence-electron chi connectivity index (χ1n) is 10.5. The van der Waals surface area contributed by atoms with E-state index in [9.17, 15) is 4.79 Å². The van der Waals surface area contributed by atoms with Crippen LogP contribution in [-0.2, 0) is 0 Å². The smallest absolute Gasteiger partial charge is 0.226 e. The van der Waals surface area contributed by atoms with Crippen LogP contribution in [0.5, 0.6) is 17.2 Å². The van der Waals surface area contributed by atoms with Gasteiger partial charge in [-0.3, -0.25) is 4.79 Å². The summed E-state index contributed by atoms with van der Waals surface area (Å²) in [4.78, 5) is 17.1. The van der Waals surface area contributed by atoms with Gasteiger partial charge >= 0.3 is 0 Å². The van der Waals surface area contributed by atoms with Crippen molar-refractivity contribution in [2.45, 2.75) is 27.2 Å². The van der Waals surface area contributed by atoms with Crippen molar-refractivity contribution in [1.29, 1.82) is 0 Å². The number of nitrogens with zero attached hydrogens (tertiary/aromatic N) is 1. The van der Waals surface area contributed by atoms with Crippen LogP contribution in [-0.4, -0.2) is 30.6 Å². The van der Waals surface area contributed by atoms with Gasteiger partial charge in [0, 0.05) is 5.56 Å². The molecule has 3 rings (SSSR count). The molecule has 0 N–H and O–H groups in total. The second kappa shape index (κ2) is 11.0. The van der Waals surface area contributed by atoms with E-state index in [1.165, 1.54) is 12.3 Å². The van der Waals surface area contributed by atoms with E-state index in [0.717, 1.165) is 12.0 Å². The normalized spacial score (nSPS) is 10.9. The Morgan fingerprint density at radius 2 is 1.74 bits per heavy atom. The Morgan fingerprint density at radius 3 is 2.52 bits per heavy atom. The minimum Gasteiger partial charge on any atom is -0.493 e. The summed E-state index contributed by atoms with van der Waals surface area (Å²) in [5, 5.41) is 0. The van der Waals surface area contributed by atoms with Crippen LogP contribution in [0.3, 0.4) is 0 Å². The largest absolute Gasteiger partial charge is 0.493 e. The predicted molar refractivity (Wildman–Crippen MR) is 120 cm³/mol. The van der Waals surface area contributed by atoms with E-state index in [4.69, 9.17) is 18.6 Å². The molecule has 6 nitrogen and oxygen atoms in total. The van der Waals surface area contributed by atoms with Crippen molar-refractivity contribution in [3.63, 3.8) is 0 Å². The molecular weight excluding hydrogens is 394 g/mol. The van der Waals surface area contributed by atoms with Gasteiger partial charge in [0.1, 0.15) is 17.7 Å². The van der Waals surface area contributed by atoms with Gasteiger partial charge in [-0.1, -0.05) is 19.1 Å². The van der Waals surface area contributed by atoms with Crippen molar-refractivity contribution >= 4 is 11.9 Å². The van der Waals surface area contributed by atoms with Gasteiger partial charge < -0.3 is 18.6 Å². The van der Waals surface area contributed by atoms with Gasteiger partial charge in [-0.15, -0.1) is 0 Å². The number of ketones is 1. The number of allylic oxidation sites excluding steroid dienone is 1. The number of rotatable bonds is 11. The van der Waals surface area contributed by atoms with Gasteiger partial charge in [0.25, 0.3) is 0 Å². The number of ether oxygens (including phenoxy) is 3. The Balaban J connectivity index is 1.76. The Morgan fingerprint density at radius 1 is 0.968 bits per heavy atom. The van der Waals surface area contributed by atoms with Crippen molar-refractivity contribution in [1.82, 2.24) is 4.98 Å². The maximum absolute atomic E-state index is 12.6. The Bertz CT molecular complexity index is 1040. The molecule has 0 bridgehead atoms. The van der Waals surface area contributed by atoms with Crippen molar-refractivity contribution < 1.29 is 23.4 Å². The average Bonchev–Trinajstić information content (AvgIpc) is 3.27. The lowest BCUT2D eigenvalue weighted by atomic mass is 10.1. The van der Waals surface area contributed by atoms with Crippen LogP contribution in [0.15, 0.2) is 59.2 Å². The fourth-order valence-electron chi connectivity index (χ4n) is 2.94. The SMILES string of the molecule is CCCOc1ccccc1C(=O)/C=C/c1coc(-c2ccc(OCC)c(OCC)c2)n1. The maximum Gasteiger partial charge on any atom is 0.226 e. The number of carbonyl (C=O) groups is 1. The van der Waals surface area contributed by atoms with Crippen LogP contribution in [0.2, 0.25) is 0 Å². The van der Waals surface area contributed by atoms with E-state index >= 15 is 0 Å². The molecule has 162 valence electrons. The summed E-state index contributed by atoms with van der Waals surface area (Å²) < 4.78 is 22.5. The molecule has 0 fully saturated rings. The second-order valence-corrected chi connectivity index (χ2v) is 6.65. The minimum absolute atomic E-state index is 0.157. The lowest BCUT2D eigenvalue weighted by Crippen LogP contribution is -2.02. The molecule has 0 amide bonds. The highest BCUT2D eigenvalue weighted by Crippen LogP contribution is 2.32. The Kier molecular flexibility index (Phi) is 7.87. The standard InChI is InChI=1S/C25H27NO5/c1-4-15-30-22-10-8-7-9-20(22)21(27)13-12-19-17-31-25(26-19)18-11-14-23(28-5-2)24(16-18)29-6-3/h7-14,16-17H,4-6,15H2,1-3H3/b13-12+. The van der Waals surface area contributed by atoms with Crippen molar-refractivity contribution in [3.05, 3.63) is 66.1 Å². The monoisotopic (exact) mass is 421 g/mol. The number of hydrogen-bond donors (Lipinski definition) is 0. The summed E-state index contributed by atoms with van der Waals surface area (Å²) in [5.74, 6) is 2.17. The third kappa shape index (κ3) is 5.75. The highest BCUT2D eigenvalue weighted by molar-refractivity contribution is 6.08. The molecule has 6 heteroatoms. The van der Waals surface area contributed by atoms with Crippen LogP contribution in [0, 0.1) is 0 Å². The summed E-state index contributed by atoms with van der Waals surface area (Å²) >= 11 is 0. The van der Waals surface area contributed by atoms with Crippen LogP contribution < -0.4 is 14.2 Å². The third-order valence-corrected chi connectivity index (χ3v) is 4.33. The third-order valence-electron chi connectivity index (χ3n) is 4.33. The zero-order valence-corrected chi connectivity index (χ0v) is 18.1. The molecule has 31 heavy (non-hydrogen) atoms. The van der Waals surface area contributed by atoms with Crippen molar-refractivity contribution in [3.8, 4) is 28.7 Å². The molecule has 0 aliphatic carbocycles. The number of carbonyl (C=O) groups excluding carboxylic acids is 1. The molecule has 0 aliphatic rings. The molecular formula is C25H27NO5. The fraction of sp³-hybridized carbons (Fsp3) is 0.280. The molecule has 0 spiro atoms. The van der Waals surface area contributed by atoms with Crippen molar-refractivity contribution in [2.75, 3.05) is 19.8 Å². The summed E-state index contributed by atoms with van der Waals surface area (Å²) in [6.45, 7) is 7.49. The number of hydrogen-bond acceptors (Lipinski definition) is 6. The highest BCUT2D eigenvalue weighted by Gasteiger charge is 2.12. The van der Waals surface area contributed by atoms with Crippen LogP contribution in [0.4, 0.5) is 0 Å². The van der Waals surface area contributed by atoms with Crippen LogP contribution in [0.1, 0.15) is 43.2 Å². The zero-order chi connectivity index (χ0) is 22.1. The molecule has 1 aromatic heterocycles. The lowest BCUT2D eigenvalue weighted by Gasteiger charge is -2.11. The number of aromatic nitrogens is 1. The van der Waals surface area contributed by atoms with E-state index in [2.05, 4.69) is 4.98 Å². The first kappa shape index (κ1) is 22.2. The molecule has 0 saturated heterocycles. The second-order valence-electron chi connectivity index (χ2n) is 6.65. The molecule has 0 saturated carbocycles. The van der Waals surface area contributed by atoms with E-state index < -0.39 is 0 Å². The first-order chi connectivity index (χ1) is 15.2. The number of oxazole rings is 1. The van der Waals surface area contributed by atoms with Crippen LogP contribution >= 0.6 is 0 Å². The topological polar surface area (TPSA) is 70.8 Å². The van der Waals surface area contributed by atoms with Gasteiger partial charge in [-0.25, -0.2) is 4.98 Å². The summed E-state index contributed by atoms with van der Waals surface area (Å²) in [7, 11) is 0. The van der Waals surface area contributed by atoms with Crippen LogP contribution in [0.25, 0.3) is 17.5 Å². The van der Waals surface area contributed by atoms with E-state index in [1.54, 1.807) is 18.2 Å². The zero-order valence-electron chi connectivity index (χ0n) is 18.1. The maximum atomic E-state index is 12.6. The molecule has 0 aliphatic heterocycles. The molecule has 0 atom stereocenters. The average molecular weight is 421 g/mol. The molecule has 0 unspecified atom stereocenters. The summed E-state index contributed by atoms with van der Waals surface area (Å²) in [5.41, 5.74) is 1.82. The molecule has 2 aromatic carbocycles. The number of para-hydroxylation sites is 1. The van der Waals surface area contributed by atoms with Gasteiger partial charge in [0.15, 0.2) is 17.3 Å². The summed E-state index contributed by atoms with van der Waals surface area (Å²) in [6, 6.07) is 12.7. The van der Waals surface area contributed by atoms with Crippen molar-refractivity contribution in [2.24, 2.45) is 0 Å². The fourth-order valence-corrected chi connectivity index (χ4v) is 2.94. The van der Waals surface area contributed by atoms with E-state index in [-0.39, 0.29) is 5.78 Å². The van der Waals surface area contributed by atoms with Gasteiger partial charge in [-0.05, 0) is 62.8 Å². The molecule has 3 aromatic rings. The summed E-state index contributed by atoms with van der Waals surface area (Å²) in [6.07, 6.45) is 5.48. The lowest BCUT2D eigenvalue weighted by molar-refractivity contribution is 0.104. The highest BCUT2D eigenvalue weighted by atomic mass is 16.5. The molecule has 1 heterocycles. The van der Waals surface area contributed by atoms with Gasteiger partial charge in [0.2, 0.25) is 5.89 Å². The number of benzene rings is 2. The van der Waals surface area contributed by atoms with Gasteiger partial charge in [0.05, 0.1) is 25.4 Å². The van der Waals surface area contributed by atoms with E-state index in [0.29, 0.717) is 54.2 Å². The minimum atomic E-state index is -0.157.